The van der Waals surface area contributed by atoms with E-state index in [1.165, 1.54) is 16.9 Å². The fourth-order valence-corrected chi connectivity index (χ4v) is 4.03. The van der Waals surface area contributed by atoms with Crippen LogP contribution in [-0.4, -0.2) is 23.9 Å². The summed E-state index contributed by atoms with van der Waals surface area (Å²) in [6.45, 7) is 2.36. The second-order valence-corrected chi connectivity index (χ2v) is 8.73. The Balaban J connectivity index is 1.35. The van der Waals surface area contributed by atoms with E-state index in [1.807, 2.05) is 36.6 Å². The van der Waals surface area contributed by atoms with Gasteiger partial charge in [-0.1, -0.05) is 35.9 Å². The molecule has 0 radical (unpaired) electrons. The third-order valence-electron chi connectivity index (χ3n) is 5.10. The van der Waals surface area contributed by atoms with E-state index in [0.29, 0.717) is 35.0 Å². The molecule has 0 atom stereocenters. The van der Waals surface area contributed by atoms with Crippen LogP contribution in [0.2, 0.25) is 0 Å². The Morgan fingerprint density at radius 1 is 0.943 bits per heavy atom. The molecule has 0 aliphatic heterocycles. The molecule has 8 heteroatoms. The Kier molecular flexibility index (Phi) is 7.74. The number of methoxy groups -OCH3 is 1. The van der Waals surface area contributed by atoms with Crippen LogP contribution in [0.25, 0.3) is 0 Å². The Hall–Kier alpha value is -4.17. The number of nitrogens with zero attached hydrogens (tertiary/aromatic N) is 1. The molecule has 0 fully saturated rings. The highest BCUT2D eigenvalue weighted by molar-refractivity contribution is 7.09. The van der Waals surface area contributed by atoms with Gasteiger partial charge in [-0.05, 0) is 43.3 Å². The van der Waals surface area contributed by atoms with Crippen molar-refractivity contribution in [1.29, 1.82) is 0 Å². The lowest BCUT2D eigenvalue weighted by Gasteiger charge is -2.12. The zero-order chi connectivity index (χ0) is 24.6. The number of thiazole rings is 1. The van der Waals surface area contributed by atoms with Crippen molar-refractivity contribution in [2.45, 2.75) is 20.0 Å². The van der Waals surface area contributed by atoms with Crippen LogP contribution in [0.15, 0.2) is 78.2 Å². The molecular weight excluding hydrogens is 462 g/mol. The van der Waals surface area contributed by atoms with E-state index >= 15 is 0 Å². The van der Waals surface area contributed by atoms with Crippen molar-refractivity contribution < 1.29 is 19.1 Å². The number of anilines is 2. The lowest BCUT2D eigenvalue weighted by Crippen LogP contribution is -2.19. The molecule has 0 bridgehead atoms. The largest absolute Gasteiger partial charge is 0.497 e. The standard InChI is InChI=1S/C27H25N3O4S/c1-18-10-12-21(13-11-18)34-16-26-28-20(17-35-26)15-25(31)30-24-9-4-3-8-23(24)27(32)29-19-6-5-7-22(14-19)33-2/h3-14,17H,15-16H2,1-2H3,(H,29,32)(H,30,31). The van der Waals surface area contributed by atoms with Gasteiger partial charge >= 0.3 is 0 Å². The summed E-state index contributed by atoms with van der Waals surface area (Å²) in [5.41, 5.74) is 3.19. The molecule has 0 saturated carbocycles. The predicted molar refractivity (Wildman–Crippen MR) is 137 cm³/mol. The van der Waals surface area contributed by atoms with Crippen molar-refractivity contribution in [2.24, 2.45) is 0 Å². The molecule has 4 aromatic rings. The van der Waals surface area contributed by atoms with Crippen molar-refractivity contribution in [3.63, 3.8) is 0 Å². The smallest absolute Gasteiger partial charge is 0.257 e. The average Bonchev–Trinajstić information content (AvgIpc) is 3.31. The minimum absolute atomic E-state index is 0.0901. The highest BCUT2D eigenvalue weighted by Gasteiger charge is 2.15. The summed E-state index contributed by atoms with van der Waals surface area (Å²) in [5, 5.41) is 8.29. The molecule has 0 aliphatic carbocycles. The van der Waals surface area contributed by atoms with Gasteiger partial charge in [0.05, 0.1) is 30.5 Å². The lowest BCUT2D eigenvalue weighted by atomic mass is 10.1. The number of amides is 2. The first kappa shape index (κ1) is 24.0. The normalized spacial score (nSPS) is 10.5. The number of ether oxygens (including phenoxy) is 2. The maximum absolute atomic E-state index is 12.9. The number of aryl methyl sites for hydroxylation is 1. The quantitative estimate of drug-likeness (QED) is 0.327. The molecular formula is C27H25N3O4S. The van der Waals surface area contributed by atoms with Crippen molar-refractivity contribution in [3.05, 3.63) is 100 Å². The van der Waals surface area contributed by atoms with Crippen LogP contribution in [0.4, 0.5) is 11.4 Å². The number of benzene rings is 3. The Labute approximate surface area is 207 Å². The Morgan fingerprint density at radius 3 is 2.54 bits per heavy atom. The minimum Gasteiger partial charge on any atom is -0.497 e. The number of para-hydroxylation sites is 1. The zero-order valence-corrected chi connectivity index (χ0v) is 20.2. The number of hydrogen-bond donors (Lipinski definition) is 2. The summed E-state index contributed by atoms with van der Waals surface area (Å²) in [4.78, 5) is 30.0. The molecule has 4 rings (SSSR count). The van der Waals surface area contributed by atoms with Gasteiger partial charge < -0.3 is 20.1 Å². The molecule has 0 unspecified atom stereocenters. The molecule has 3 aromatic carbocycles. The van der Waals surface area contributed by atoms with E-state index in [2.05, 4.69) is 15.6 Å². The van der Waals surface area contributed by atoms with Gasteiger partial charge in [0, 0.05) is 17.1 Å². The molecule has 0 spiro atoms. The third-order valence-corrected chi connectivity index (χ3v) is 5.97. The summed E-state index contributed by atoms with van der Waals surface area (Å²) in [5.74, 6) is 0.812. The van der Waals surface area contributed by atoms with Crippen LogP contribution in [0.3, 0.4) is 0 Å². The molecule has 178 valence electrons. The second-order valence-electron chi connectivity index (χ2n) is 7.79. The van der Waals surface area contributed by atoms with Gasteiger partial charge in [-0.15, -0.1) is 11.3 Å². The third kappa shape index (κ3) is 6.68. The van der Waals surface area contributed by atoms with Crippen molar-refractivity contribution >= 4 is 34.5 Å². The van der Waals surface area contributed by atoms with Gasteiger partial charge in [-0.3, -0.25) is 9.59 Å². The molecule has 1 aromatic heterocycles. The SMILES string of the molecule is COc1cccc(NC(=O)c2ccccc2NC(=O)Cc2csc(COc3ccc(C)cc3)n2)c1. The summed E-state index contributed by atoms with van der Waals surface area (Å²) in [6.07, 6.45) is 0.0901. The molecule has 1 heterocycles. The lowest BCUT2D eigenvalue weighted by molar-refractivity contribution is -0.115. The molecule has 0 saturated heterocycles. The molecule has 7 nitrogen and oxygen atoms in total. The minimum atomic E-state index is -0.335. The van der Waals surface area contributed by atoms with E-state index in [1.54, 1.807) is 55.6 Å². The number of nitrogens with one attached hydrogen (secondary N) is 2. The highest BCUT2D eigenvalue weighted by atomic mass is 32.1. The van der Waals surface area contributed by atoms with E-state index in [0.717, 1.165) is 10.8 Å². The summed E-state index contributed by atoms with van der Waals surface area (Å²) in [6, 6.07) is 21.7. The van der Waals surface area contributed by atoms with Gasteiger partial charge in [0.1, 0.15) is 23.1 Å². The first-order valence-electron chi connectivity index (χ1n) is 11.0. The number of hydrogen-bond acceptors (Lipinski definition) is 6. The molecule has 35 heavy (non-hydrogen) atoms. The van der Waals surface area contributed by atoms with Crippen LogP contribution in [0.5, 0.6) is 11.5 Å². The highest BCUT2D eigenvalue weighted by Crippen LogP contribution is 2.21. The zero-order valence-electron chi connectivity index (χ0n) is 19.4. The van der Waals surface area contributed by atoms with Gasteiger partial charge in [0.25, 0.3) is 5.91 Å². The van der Waals surface area contributed by atoms with Crippen molar-refractivity contribution in [1.82, 2.24) is 4.98 Å². The van der Waals surface area contributed by atoms with Gasteiger partial charge in [-0.25, -0.2) is 4.98 Å². The topological polar surface area (TPSA) is 89.6 Å². The maximum Gasteiger partial charge on any atom is 0.257 e. The first-order valence-corrected chi connectivity index (χ1v) is 11.8. The molecule has 2 amide bonds. The van der Waals surface area contributed by atoms with E-state index in [9.17, 15) is 9.59 Å². The van der Waals surface area contributed by atoms with Gasteiger partial charge in [0.15, 0.2) is 0 Å². The molecule has 0 aliphatic rings. The molecule has 2 N–H and O–H groups in total. The summed E-state index contributed by atoms with van der Waals surface area (Å²) in [7, 11) is 1.56. The van der Waals surface area contributed by atoms with Crippen LogP contribution in [0, 0.1) is 6.92 Å². The van der Waals surface area contributed by atoms with E-state index in [4.69, 9.17) is 9.47 Å². The van der Waals surface area contributed by atoms with Gasteiger partial charge in [-0.2, -0.15) is 0 Å². The number of aromatic nitrogens is 1. The maximum atomic E-state index is 12.9. The fraction of sp³-hybridized carbons (Fsp3) is 0.148. The summed E-state index contributed by atoms with van der Waals surface area (Å²) >= 11 is 1.44. The van der Waals surface area contributed by atoms with Crippen molar-refractivity contribution in [3.8, 4) is 11.5 Å². The van der Waals surface area contributed by atoms with Crippen LogP contribution < -0.4 is 20.1 Å². The second kappa shape index (κ2) is 11.3. The first-order chi connectivity index (χ1) is 17.0. The predicted octanol–water partition coefficient (Wildman–Crippen LogP) is 5.47. The fourth-order valence-electron chi connectivity index (χ4n) is 3.32. The summed E-state index contributed by atoms with van der Waals surface area (Å²) < 4.78 is 11.0. The van der Waals surface area contributed by atoms with Gasteiger partial charge in [0.2, 0.25) is 5.91 Å². The number of carbonyl (C=O) groups excluding carboxylic acids is 2. The Bertz CT molecular complexity index is 1320. The average molecular weight is 488 g/mol. The van der Waals surface area contributed by atoms with E-state index in [-0.39, 0.29) is 18.2 Å². The van der Waals surface area contributed by atoms with Crippen molar-refractivity contribution in [2.75, 3.05) is 17.7 Å². The Morgan fingerprint density at radius 2 is 1.74 bits per heavy atom. The van der Waals surface area contributed by atoms with Crippen LogP contribution in [0.1, 0.15) is 26.6 Å². The number of carbonyl (C=O) groups is 2. The number of rotatable bonds is 9. The van der Waals surface area contributed by atoms with E-state index < -0.39 is 0 Å². The van der Waals surface area contributed by atoms with Crippen LogP contribution >= 0.6 is 11.3 Å². The van der Waals surface area contributed by atoms with Crippen LogP contribution in [-0.2, 0) is 17.8 Å². The monoisotopic (exact) mass is 487 g/mol.